The van der Waals surface area contributed by atoms with E-state index in [1.54, 1.807) is 36.4 Å². The van der Waals surface area contributed by atoms with E-state index < -0.39 is 28.5 Å². The van der Waals surface area contributed by atoms with E-state index in [-0.39, 0.29) is 29.8 Å². The highest BCUT2D eigenvalue weighted by molar-refractivity contribution is 7.92. The molecule has 4 rings (SSSR count). The number of sulfonamides is 1. The predicted molar refractivity (Wildman–Crippen MR) is 191 cm³/mol. The molecule has 0 aliphatic heterocycles. The summed E-state index contributed by atoms with van der Waals surface area (Å²) in [6.45, 7) is 6.89. The Hall–Kier alpha value is -3.56. The first kappa shape index (κ1) is 36.3. The molecule has 0 radical (unpaired) electrons. The molecule has 0 bridgehead atoms. The van der Waals surface area contributed by atoms with Gasteiger partial charge in [0.15, 0.2) is 0 Å². The lowest BCUT2D eigenvalue weighted by Crippen LogP contribution is -2.54. The average Bonchev–Trinajstić information content (AvgIpc) is 3.04. The van der Waals surface area contributed by atoms with Crippen molar-refractivity contribution in [3.63, 3.8) is 0 Å². The minimum atomic E-state index is -4.27. The van der Waals surface area contributed by atoms with Gasteiger partial charge in [-0.2, -0.15) is 0 Å². The number of nitrogens with one attached hydrogen (secondary N) is 1. The van der Waals surface area contributed by atoms with Gasteiger partial charge in [0, 0.05) is 39.6 Å². The minimum Gasteiger partial charge on any atom is -0.352 e. The number of anilines is 1. The molecule has 0 saturated heterocycles. The van der Waals surface area contributed by atoms with Gasteiger partial charge in [-0.15, -0.1) is 0 Å². The molecule has 2 amide bonds. The van der Waals surface area contributed by atoms with Crippen molar-refractivity contribution in [3.8, 4) is 0 Å². The van der Waals surface area contributed by atoms with Gasteiger partial charge < -0.3 is 10.2 Å². The van der Waals surface area contributed by atoms with Crippen LogP contribution in [0.1, 0.15) is 42.5 Å². The SMILES string of the molecule is CC[C@H](C)NC(=O)[C@H](Cc1ccccc1)N(Cc1c(Cl)cccc1Cl)C(=O)CN(c1ccc(C)c(C)c1)S(=O)(=O)c1ccc(Cl)cc1. The molecule has 0 unspecified atom stereocenters. The molecular formula is C36H38Cl3N3O4S. The van der Waals surface area contributed by atoms with Gasteiger partial charge in [0.05, 0.1) is 10.6 Å². The maximum Gasteiger partial charge on any atom is 0.264 e. The van der Waals surface area contributed by atoms with E-state index in [0.29, 0.717) is 32.7 Å². The Labute approximate surface area is 292 Å². The summed E-state index contributed by atoms with van der Waals surface area (Å²) in [6.07, 6.45) is 0.846. The molecule has 0 aromatic heterocycles. The molecule has 2 atom stereocenters. The third kappa shape index (κ3) is 9.08. The van der Waals surface area contributed by atoms with Crippen molar-refractivity contribution in [3.05, 3.63) is 128 Å². The summed E-state index contributed by atoms with van der Waals surface area (Å²) in [7, 11) is -4.27. The molecule has 4 aromatic carbocycles. The molecule has 4 aromatic rings. The number of carbonyl (C=O) groups excluding carboxylic acids is 2. The van der Waals surface area contributed by atoms with Crippen LogP contribution in [0.4, 0.5) is 5.69 Å². The Morgan fingerprint density at radius 1 is 0.830 bits per heavy atom. The lowest BCUT2D eigenvalue weighted by molar-refractivity contribution is -0.140. The number of halogens is 3. The van der Waals surface area contributed by atoms with Gasteiger partial charge >= 0.3 is 0 Å². The van der Waals surface area contributed by atoms with E-state index in [1.807, 2.05) is 58.0 Å². The summed E-state index contributed by atoms with van der Waals surface area (Å²) in [5.74, 6) is -0.991. The lowest BCUT2D eigenvalue weighted by atomic mass is 10.0. The Balaban J connectivity index is 1.86. The zero-order valence-corrected chi connectivity index (χ0v) is 29.8. The summed E-state index contributed by atoms with van der Waals surface area (Å²) in [4.78, 5) is 30.0. The van der Waals surface area contributed by atoms with Crippen LogP contribution in [0.15, 0.2) is 95.9 Å². The molecule has 248 valence electrons. The molecule has 0 aliphatic rings. The second kappa shape index (κ2) is 16.0. The van der Waals surface area contributed by atoms with Crippen LogP contribution in [0.5, 0.6) is 0 Å². The fourth-order valence-electron chi connectivity index (χ4n) is 4.99. The summed E-state index contributed by atoms with van der Waals surface area (Å²) in [5.41, 5.74) is 3.37. The fraction of sp³-hybridized carbons (Fsp3) is 0.278. The standard InChI is InChI=1S/C36H38Cl3N3O4S/c1-5-26(4)40-36(44)34(21-27-10-7-6-8-11-27)41(22-31-32(38)12-9-13-33(31)39)35(43)23-42(29-17-14-24(2)25(3)20-29)47(45,46)30-18-15-28(37)16-19-30/h6-20,26,34H,5,21-23H2,1-4H3,(H,40,44)/t26-,34-/m0/s1. The van der Waals surface area contributed by atoms with Crippen LogP contribution >= 0.6 is 34.8 Å². The van der Waals surface area contributed by atoms with Crippen molar-refractivity contribution in [2.45, 2.75) is 64.1 Å². The third-order valence-corrected chi connectivity index (χ3v) is 10.9. The Bertz CT molecular complexity index is 1800. The van der Waals surface area contributed by atoms with Crippen molar-refractivity contribution in [1.29, 1.82) is 0 Å². The third-order valence-electron chi connectivity index (χ3n) is 8.12. The number of hydrogen-bond acceptors (Lipinski definition) is 4. The molecular weight excluding hydrogens is 677 g/mol. The average molecular weight is 715 g/mol. The van der Waals surface area contributed by atoms with E-state index >= 15 is 0 Å². The smallest absolute Gasteiger partial charge is 0.264 e. The molecule has 11 heteroatoms. The zero-order chi connectivity index (χ0) is 34.3. The van der Waals surface area contributed by atoms with Gasteiger partial charge in [-0.05, 0) is 92.4 Å². The number of aryl methyl sites for hydroxylation is 2. The molecule has 0 aliphatic carbocycles. The summed E-state index contributed by atoms with van der Waals surface area (Å²) in [5, 5.41) is 4.02. The number of hydrogen-bond donors (Lipinski definition) is 1. The van der Waals surface area contributed by atoms with Gasteiger partial charge in [0.25, 0.3) is 10.0 Å². The Morgan fingerprint density at radius 3 is 2.06 bits per heavy atom. The topological polar surface area (TPSA) is 86.8 Å². The van der Waals surface area contributed by atoms with Crippen LogP contribution in [0, 0.1) is 13.8 Å². The van der Waals surface area contributed by atoms with E-state index in [1.165, 1.54) is 29.2 Å². The van der Waals surface area contributed by atoms with Crippen LogP contribution in [0.2, 0.25) is 15.1 Å². The molecule has 0 saturated carbocycles. The predicted octanol–water partition coefficient (Wildman–Crippen LogP) is 8.01. The monoisotopic (exact) mass is 713 g/mol. The molecule has 0 fully saturated rings. The molecule has 0 heterocycles. The van der Waals surface area contributed by atoms with Crippen LogP contribution in [-0.2, 0) is 32.6 Å². The maximum atomic E-state index is 14.7. The second-order valence-corrected chi connectivity index (χ2v) is 14.6. The van der Waals surface area contributed by atoms with E-state index in [0.717, 1.165) is 21.0 Å². The first-order valence-electron chi connectivity index (χ1n) is 15.2. The highest BCUT2D eigenvalue weighted by Crippen LogP contribution is 2.30. The van der Waals surface area contributed by atoms with Crippen molar-refractivity contribution in [1.82, 2.24) is 10.2 Å². The van der Waals surface area contributed by atoms with E-state index in [9.17, 15) is 18.0 Å². The highest BCUT2D eigenvalue weighted by atomic mass is 35.5. The van der Waals surface area contributed by atoms with Gasteiger partial charge in [-0.25, -0.2) is 8.42 Å². The highest BCUT2D eigenvalue weighted by Gasteiger charge is 2.35. The largest absolute Gasteiger partial charge is 0.352 e. The van der Waals surface area contributed by atoms with Crippen molar-refractivity contribution < 1.29 is 18.0 Å². The summed E-state index contributed by atoms with van der Waals surface area (Å²) < 4.78 is 29.5. The number of nitrogens with zero attached hydrogens (tertiary/aromatic N) is 2. The minimum absolute atomic E-state index is 0.0380. The van der Waals surface area contributed by atoms with Crippen LogP contribution in [0.25, 0.3) is 0 Å². The number of carbonyl (C=O) groups is 2. The van der Waals surface area contributed by atoms with Crippen LogP contribution < -0.4 is 9.62 Å². The maximum absolute atomic E-state index is 14.7. The zero-order valence-electron chi connectivity index (χ0n) is 26.7. The Morgan fingerprint density at radius 2 is 1.47 bits per heavy atom. The quantitative estimate of drug-likeness (QED) is 0.152. The Kier molecular flexibility index (Phi) is 12.4. The number of amides is 2. The van der Waals surface area contributed by atoms with Crippen molar-refractivity contribution in [2.24, 2.45) is 0 Å². The van der Waals surface area contributed by atoms with Gasteiger partial charge in [-0.3, -0.25) is 13.9 Å². The molecule has 7 nitrogen and oxygen atoms in total. The van der Waals surface area contributed by atoms with Crippen molar-refractivity contribution >= 4 is 62.3 Å². The van der Waals surface area contributed by atoms with Gasteiger partial charge in [0.1, 0.15) is 12.6 Å². The molecule has 47 heavy (non-hydrogen) atoms. The normalized spacial score (nSPS) is 12.7. The number of rotatable bonds is 13. The molecule has 0 spiro atoms. The summed E-state index contributed by atoms with van der Waals surface area (Å²) >= 11 is 19.3. The molecule has 1 N–H and O–H groups in total. The lowest BCUT2D eigenvalue weighted by Gasteiger charge is -2.34. The first-order chi connectivity index (χ1) is 22.3. The second-order valence-electron chi connectivity index (χ2n) is 11.5. The van der Waals surface area contributed by atoms with E-state index in [4.69, 9.17) is 34.8 Å². The summed E-state index contributed by atoms with van der Waals surface area (Å²) in [6, 6.07) is 24.1. The van der Waals surface area contributed by atoms with E-state index in [2.05, 4.69) is 5.32 Å². The fourth-order valence-corrected chi connectivity index (χ4v) is 7.04. The number of benzene rings is 4. The van der Waals surface area contributed by atoms with Crippen LogP contribution in [0.3, 0.4) is 0 Å². The van der Waals surface area contributed by atoms with Crippen molar-refractivity contribution in [2.75, 3.05) is 10.8 Å². The van der Waals surface area contributed by atoms with Gasteiger partial charge in [0.2, 0.25) is 11.8 Å². The van der Waals surface area contributed by atoms with Crippen LogP contribution in [-0.4, -0.2) is 43.8 Å². The van der Waals surface area contributed by atoms with Gasteiger partial charge in [-0.1, -0.05) is 84.2 Å². The first-order valence-corrected chi connectivity index (χ1v) is 17.8.